The number of sulfone groups is 1. The number of hydrogen-bond donors (Lipinski definition) is 1. The molecule has 2 aromatic rings. The van der Waals surface area contributed by atoms with Crippen LogP contribution in [0.3, 0.4) is 0 Å². The molecule has 0 radical (unpaired) electrons. The molecule has 0 aliphatic rings. The first-order chi connectivity index (χ1) is 8.71. The van der Waals surface area contributed by atoms with Crippen molar-refractivity contribution in [3.63, 3.8) is 0 Å². The van der Waals surface area contributed by atoms with E-state index in [-0.39, 0.29) is 4.90 Å². The van der Waals surface area contributed by atoms with Crippen LogP contribution in [0.2, 0.25) is 0 Å². The number of aromatic nitrogens is 1. The van der Waals surface area contributed by atoms with E-state index in [2.05, 4.69) is 4.98 Å². The zero-order valence-electron chi connectivity index (χ0n) is 10.9. The van der Waals surface area contributed by atoms with E-state index < -0.39 is 15.7 Å². The van der Waals surface area contributed by atoms with Crippen molar-refractivity contribution in [3.05, 3.63) is 35.0 Å². The molecule has 0 aliphatic carbocycles. The summed E-state index contributed by atoms with van der Waals surface area (Å²) in [4.78, 5) is 15.7. The van der Waals surface area contributed by atoms with Crippen LogP contribution in [0.1, 0.15) is 21.5 Å². The smallest absolute Gasteiger partial charge is 0.250 e. The van der Waals surface area contributed by atoms with Gasteiger partial charge in [0.15, 0.2) is 9.84 Å². The molecule has 0 bridgehead atoms. The lowest BCUT2D eigenvalue weighted by Gasteiger charge is -2.10. The van der Waals surface area contributed by atoms with Crippen LogP contribution in [0, 0.1) is 13.8 Å². The zero-order chi connectivity index (χ0) is 14.4. The van der Waals surface area contributed by atoms with Crippen LogP contribution >= 0.6 is 0 Å². The minimum atomic E-state index is -3.31. The van der Waals surface area contributed by atoms with Gasteiger partial charge in [0.25, 0.3) is 5.91 Å². The predicted octanol–water partition coefficient (Wildman–Crippen LogP) is 1.35. The number of aryl methyl sites for hydroxylation is 2. The van der Waals surface area contributed by atoms with E-state index in [0.29, 0.717) is 22.0 Å². The number of primary amides is 1. The van der Waals surface area contributed by atoms with E-state index in [1.54, 1.807) is 19.9 Å². The Morgan fingerprint density at radius 3 is 2.42 bits per heavy atom. The summed E-state index contributed by atoms with van der Waals surface area (Å²) in [6.45, 7) is 3.52. The summed E-state index contributed by atoms with van der Waals surface area (Å²) in [5, 5.41) is 0.636. The summed E-state index contributed by atoms with van der Waals surface area (Å²) in [6, 6.07) is 3.11. The van der Waals surface area contributed by atoms with E-state index in [1.807, 2.05) is 0 Å². The number of nitrogens with zero attached hydrogens (tertiary/aromatic N) is 1. The van der Waals surface area contributed by atoms with Gasteiger partial charge < -0.3 is 5.73 Å². The molecular formula is C13H14N2O3S. The van der Waals surface area contributed by atoms with Gasteiger partial charge in [-0.25, -0.2) is 8.42 Å². The molecule has 0 aliphatic heterocycles. The Bertz CT molecular complexity index is 795. The predicted molar refractivity (Wildman–Crippen MR) is 72.8 cm³/mol. The third-order valence-electron chi connectivity index (χ3n) is 3.10. The number of carbonyl (C=O) groups is 1. The van der Waals surface area contributed by atoms with Crippen LogP contribution in [0.15, 0.2) is 23.2 Å². The SMILES string of the molecule is Cc1c(C(N)=O)cnc2c(C)cc(S(C)(=O)=O)cc12. The molecule has 0 atom stereocenters. The summed E-state index contributed by atoms with van der Waals surface area (Å²) in [6.07, 6.45) is 2.57. The molecule has 19 heavy (non-hydrogen) atoms. The fourth-order valence-electron chi connectivity index (χ4n) is 2.04. The Morgan fingerprint density at radius 2 is 1.89 bits per heavy atom. The number of amides is 1. The lowest BCUT2D eigenvalue weighted by atomic mass is 10.0. The molecule has 0 saturated heterocycles. The Balaban J connectivity index is 2.92. The third kappa shape index (κ3) is 2.31. The molecule has 100 valence electrons. The lowest BCUT2D eigenvalue weighted by Crippen LogP contribution is -2.13. The maximum Gasteiger partial charge on any atom is 0.250 e. The third-order valence-corrected chi connectivity index (χ3v) is 4.19. The van der Waals surface area contributed by atoms with E-state index in [9.17, 15) is 13.2 Å². The molecule has 0 saturated carbocycles. The zero-order valence-corrected chi connectivity index (χ0v) is 11.7. The number of nitrogens with two attached hydrogens (primary N) is 1. The van der Waals surface area contributed by atoms with Crippen molar-refractivity contribution in [1.82, 2.24) is 4.98 Å². The maximum atomic E-state index is 11.6. The van der Waals surface area contributed by atoms with Crippen LogP contribution in [0.4, 0.5) is 0 Å². The van der Waals surface area contributed by atoms with Gasteiger partial charge in [-0.1, -0.05) is 0 Å². The number of carbonyl (C=O) groups excluding carboxylic acids is 1. The fourth-order valence-corrected chi connectivity index (χ4v) is 2.76. The minimum Gasteiger partial charge on any atom is -0.366 e. The molecular weight excluding hydrogens is 264 g/mol. The largest absolute Gasteiger partial charge is 0.366 e. The standard InChI is InChI=1S/C13H14N2O3S/c1-7-4-9(19(3,17)18)5-10-8(2)11(13(14)16)6-15-12(7)10/h4-6H,1-3H3,(H2,14,16). The van der Waals surface area contributed by atoms with Gasteiger partial charge in [-0.05, 0) is 37.1 Å². The van der Waals surface area contributed by atoms with Crippen LogP contribution in [-0.4, -0.2) is 25.6 Å². The summed E-state index contributed by atoms with van der Waals surface area (Å²) in [5.41, 5.74) is 7.64. The van der Waals surface area contributed by atoms with Crippen LogP contribution in [0.5, 0.6) is 0 Å². The van der Waals surface area contributed by atoms with Crippen LogP contribution in [0.25, 0.3) is 10.9 Å². The number of fused-ring (bicyclic) bond motifs is 1. The molecule has 6 heteroatoms. The van der Waals surface area contributed by atoms with E-state index >= 15 is 0 Å². The van der Waals surface area contributed by atoms with Crippen LogP contribution in [-0.2, 0) is 9.84 Å². The molecule has 0 unspecified atom stereocenters. The first-order valence-corrected chi connectivity index (χ1v) is 7.51. The monoisotopic (exact) mass is 278 g/mol. The highest BCUT2D eigenvalue weighted by molar-refractivity contribution is 7.90. The quantitative estimate of drug-likeness (QED) is 0.897. The lowest BCUT2D eigenvalue weighted by molar-refractivity contribution is 0.0999. The number of benzene rings is 1. The molecule has 1 aromatic heterocycles. The second-order valence-electron chi connectivity index (χ2n) is 4.57. The van der Waals surface area contributed by atoms with Crippen molar-refractivity contribution in [1.29, 1.82) is 0 Å². The van der Waals surface area contributed by atoms with Crippen molar-refractivity contribution in [2.24, 2.45) is 5.73 Å². The Kier molecular flexibility index (Phi) is 3.06. The van der Waals surface area contributed by atoms with Gasteiger partial charge in [-0.15, -0.1) is 0 Å². The van der Waals surface area contributed by atoms with E-state index in [0.717, 1.165) is 11.8 Å². The molecule has 2 N–H and O–H groups in total. The van der Waals surface area contributed by atoms with Gasteiger partial charge in [0.05, 0.1) is 16.0 Å². The van der Waals surface area contributed by atoms with Crippen molar-refractivity contribution in [2.45, 2.75) is 18.7 Å². The summed E-state index contributed by atoms with van der Waals surface area (Å²) >= 11 is 0. The normalized spacial score (nSPS) is 11.7. The molecule has 1 aromatic carbocycles. The van der Waals surface area contributed by atoms with Gasteiger partial charge >= 0.3 is 0 Å². The van der Waals surface area contributed by atoms with Crippen molar-refractivity contribution in [2.75, 3.05) is 6.26 Å². The molecule has 2 rings (SSSR count). The molecule has 1 amide bonds. The molecule has 0 fully saturated rings. The minimum absolute atomic E-state index is 0.212. The fraction of sp³-hybridized carbons (Fsp3) is 0.231. The number of pyridine rings is 1. The van der Waals surface area contributed by atoms with Gasteiger partial charge in [0.2, 0.25) is 0 Å². The van der Waals surface area contributed by atoms with Crippen molar-refractivity contribution in [3.8, 4) is 0 Å². The number of rotatable bonds is 2. The number of hydrogen-bond acceptors (Lipinski definition) is 4. The summed E-state index contributed by atoms with van der Waals surface area (Å²) < 4.78 is 23.3. The summed E-state index contributed by atoms with van der Waals surface area (Å²) in [5.74, 6) is -0.575. The van der Waals surface area contributed by atoms with Gasteiger partial charge in [-0.2, -0.15) is 0 Å². The average molecular weight is 278 g/mol. The summed E-state index contributed by atoms with van der Waals surface area (Å²) in [7, 11) is -3.31. The topological polar surface area (TPSA) is 90.1 Å². The van der Waals surface area contributed by atoms with Crippen LogP contribution < -0.4 is 5.73 Å². The molecule has 5 nitrogen and oxygen atoms in total. The van der Waals surface area contributed by atoms with Gasteiger partial charge in [-0.3, -0.25) is 9.78 Å². The van der Waals surface area contributed by atoms with Gasteiger partial charge in [0, 0.05) is 17.8 Å². The molecule has 1 heterocycles. The Labute approximate surface area is 111 Å². The second kappa shape index (κ2) is 4.31. The Hall–Kier alpha value is -1.95. The second-order valence-corrected chi connectivity index (χ2v) is 6.59. The van der Waals surface area contributed by atoms with Crippen molar-refractivity contribution < 1.29 is 13.2 Å². The highest BCUT2D eigenvalue weighted by atomic mass is 32.2. The van der Waals surface area contributed by atoms with E-state index in [1.165, 1.54) is 12.3 Å². The molecule has 0 spiro atoms. The van der Waals surface area contributed by atoms with Crippen molar-refractivity contribution >= 4 is 26.6 Å². The first kappa shape index (κ1) is 13.5. The Morgan fingerprint density at radius 1 is 1.26 bits per heavy atom. The highest BCUT2D eigenvalue weighted by Gasteiger charge is 2.15. The highest BCUT2D eigenvalue weighted by Crippen LogP contribution is 2.26. The average Bonchev–Trinajstić information content (AvgIpc) is 2.28. The van der Waals surface area contributed by atoms with Gasteiger partial charge in [0.1, 0.15) is 0 Å². The maximum absolute atomic E-state index is 11.6. The van der Waals surface area contributed by atoms with E-state index in [4.69, 9.17) is 5.73 Å². The first-order valence-electron chi connectivity index (χ1n) is 5.61.